The Labute approximate surface area is 212 Å². The van der Waals surface area contributed by atoms with Crippen LogP contribution >= 0.6 is 0 Å². The van der Waals surface area contributed by atoms with Gasteiger partial charge < -0.3 is 0 Å². The Morgan fingerprint density at radius 3 is 1.14 bits per heavy atom. The summed E-state index contributed by atoms with van der Waals surface area (Å²) in [5.74, 6) is -4.22. The fraction of sp³-hybridized carbons (Fsp3) is 0.750. The third kappa shape index (κ3) is 11.9. The van der Waals surface area contributed by atoms with Crippen LogP contribution in [0.4, 0.5) is 0 Å². The Kier molecular flexibility index (Phi) is 15.7. The van der Waals surface area contributed by atoms with Crippen LogP contribution in [0.3, 0.4) is 0 Å². The zero-order valence-electron chi connectivity index (χ0n) is 22.1. The maximum atomic E-state index is 12.8. The van der Waals surface area contributed by atoms with Gasteiger partial charge in [0.05, 0.1) is 0 Å². The maximum absolute atomic E-state index is 12.8. The summed E-state index contributed by atoms with van der Waals surface area (Å²) in [4.78, 5) is 72.8. The number of hydrogen-bond acceptors (Lipinski definition) is 10. The first-order valence-corrected chi connectivity index (χ1v) is 15.0. The molecule has 0 aliphatic carbocycles. The van der Waals surface area contributed by atoms with E-state index in [0.29, 0.717) is 0 Å². The van der Waals surface area contributed by atoms with Gasteiger partial charge in [0.2, 0.25) is 0 Å². The molecule has 0 radical (unpaired) electrons. The van der Waals surface area contributed by atoms with E-state index < -0.39 is 98.8 Å². The molecule has 0 amide bonds. The SMILES string of the molecule is CCO[CH](CC(=O)C(=O)CC(C)=O)[Ti]([O]C(C)C)([O]C(C)C)[CH](CC(=O)C(=O)CC(C)=O)OCC. The monoisotopic (exact) mass is 536 g/mol. The van der Waals surface area contributed by atoms with Gasteiger partial charge >= 0.3 is 212 Å². The van der Waals surface area contributed by atoms with E-state index >= 15 is 0 Å². The normalized spacial score (nSPS) is 13.5. The molecule has 0 N–H and O–H groups in total. The van der Waals surface area contributed by atoms with Gasteiger partial charge in [0.15, 0.2) is 0 Å². The van der Waals surface area contributed by atoms with Gasteiger partial charge in [-0.15, -0.1) is 0 Å². The van der Waals surface area contributed by atoms with Crippen molar-refractivity contribution in [2.75, 3.05) is 13.2 Å². The van der Waals surface area contributed by atoms with Gasteiger partial charge in [0.25, 0.3) is 0 Å². The number of ether oxygens (including phenoxy) is 2. The van der Waals surface area contributed by atoms with Crippen LogP contribution in [0.15, 0.2) is 0 Å². The van der Waals surface area contributed by atoms with E-state index in [1.807, 2.05) is 0 Å². The predicted octanol–water partition coefficient (Wildman–Crippen LogP) is 2.56. The number of Topliss-reactive ketones (excluding diaryl/α,β-unsaturated/α-hetero) is 6. The average molecular weight is 536 g/mol. The molecule has 0 aliphatic heterocycles. The van der Waals surface area contributed by atoms with Crippen LogP contribution in [0.5, 0.6) is 0 Å². The molecule has 0 saturated heterocycles. The summed E-state index contributed by atoms with van der Waals surface area (Å²) in [7, 11) is 0. The Balaban J connectivity index is 6.58. The van der Waals surface area contributed by atoms with E-state index in [4.69, 9.17) is 16.1 Å². The second-order valence-electron chi connectivity index (χ2n) is 8.80. The summed E-state index contributed by atoms with van der Waals surface area (Å²) in [6.45, 7) is 13.1. The van der Waals surface area contributed by atoms with Crippen LogP contribution in [0, 0.1) is 0 Å². The number of carbonyl (C=O) groups excluding carboxylic acids is 6. The molecule has 0 bridgehead atoms. The quantitative estimate of drug-likeness (QED) is 0.130. The first-order chi connectivity index (χ1) is 16.2. The van der Waals surface area contributed by atoms with Crippen molar-refractivity contribution < 1.29 is 62.2 Å². The van der Waals surface area contributed by atoms with Crippen LogP contribution in [0.2, 0.25) is 0 Å². The van der Waals surface area contributed by atoms with Crippen molar-refractivity contribution in [1.82, 2.24) is 0 Å². The first-order valence-electron chi connectivity index (χ1n) is 11.9. The Morgan fingerprint density at radius 2 is 0.914 bits per heavy atom. The van der Waals surface area contributed by atoms with Crippen LogP contribution in [-0.4, -0.2) is 68.9 Å². The molecule has 200 valence electrons. The Morgan fingerprint density at radius 1 is 0.600 bits per heavy atom. The number of carbonyl (C=O) groups is 6. The van der Waals surface area contributed by atoms with E-state index in [9.17, 15) is 28.8 Å². The van der Waals surface area contributed by atoms with Crippen molar-refractivity contribution >= 4 is 34.7 Å². The molecule has 2 unspecified atom stereocenters. The van der Waals surface area contributed by atoms with E-state index in [0.717, 1.165) is 0 Å². The molecule has 0 aromatic rings. The minimum absolute atomic E-state index is 0.144. The molecule has 0 aromatic heterocycles. The molecule has 0 fully saturated rings. The second kappa shape index (κ2) is 16.3. The van der Waals surface area contributed by atoms with Crippen LogP contribution in [0.25, 0.3) is 0 Å². The molecule has 10 nitrogen and oxygen atoms in total. The van der Waals surface area contributed by atoms with Gasteiger partial charge in [-0.1, -0.05) is 0 Å². The average Bonchev–Trinajstić information content (AvgIpc) is 2.70. The van der Waals surface area contributed by atoms with E-state index in [1.54, 1.807) is 41.5 Å². The second-order valence-corrected chi connectivity index (χ2v) is 13.8. The van der Waals surface area contributed by atoms with Crippen LogP contribution in [0.1, 0.15) is 81.1 Å². The summed E-state index contributed by atoms with van der Waals surface area (Å²) in [6, 6.07) is 0. The zero-order valence-corrected chi connectivity index (χ0v) is 23.7. The third-order valence-electron chi connectivity index (χ3n) is 4.66. The van der Waals surface area contributed by atoms with Crippen molar-refractivity contribution in [3.8, 4) is 0 Å². The summed E-state index contributed by atoms with van der Waals surface area (Å²) in [6.07, 6.45) is -2.74. The molecular weight excluding hydrogens is 496 g/mol. The molecule has 0 aromatic carbocycles. The Bertz CT molecular complexity index is 710. The molecule has 0 spiro atoms. The van der Waals surface area contributed by atoms with Gasteiger partial charge in [-0.05, 0) is 0 Å². The molecule has 0 rings (SSSR count). The number of hydrogen-bond donors (Lipinski definition) is 0. The van der Waals surface area contributed by atoms with Crippen LogP contribution < -0.4 is 0 Å². The van der Waals surface area contributed by atoms with Crippen molar-refractivity contribution in [3.63, 3.8) is 0 Å². The molecule has 0 saturated carbocycles. The first kappa shape index (κ1) is 33.6. The Hall–Kier alpha value is -1.43. The van der Waals surface area contributed by atoms with Gasteiger partial charge in [0.1, 0.15) is 0 Å². The standard InChI is InChI=1S/2C9H13O4.2C3H7O.Ti/c2*1-3-13-5-4-8(11)9(12)6-7(2)10;2*1-3(2)4;/h2*5H,3-4,6H2,1-2H3;2*3H,1-2H3;/q;;2*-1;+2. The van der Waals surface area contributed by atoms with Gasteiger partial charge in [-0.2, -0.15) is 0 Å². The molecule has 35 heavy (non-hydrogen) atoms. The molecule has 0 heterocycles. The van der Waals surface area contributed by atoms with Crippen molar-refractivity contribution in [2.45, 2.75) is 102 Å². The molecule has 2 atom stereocenters. The summed E-state index contributed by atoms with van der Waals surface area (Å²) >= 11 is -4.58. The summed E-state index contributed by atoms with van der Waals surface area (Å²) in [5, 5.41) is 0. The fourth-order valence-electron chi connectivity index (χ4n) is 3.53. The molecular formula is C24H40O10Ti. The van der Waals surface area contributed by atoms with Crippen molar-refractivity contribution in [2.24, 2.45) is 0 Å². The third-order valence-corrected chi connectivity index (χ3v) is 11.2. The predicted molar refractivity (Wildman–Crippen MR) is 123 cm³/mol. The number of ketones is 6. The minimum atomic E-state index is -4.58. The fourth-order valence-corrected chi connectivity index (χ4v) is 10.2. The molecule has 0 aliphatic rings. The van der Waals surface area contributed by atoms with Crippen molar-refractivity contribution in [1.29, 1.82) is 0 Å². The topological polar surface area (TPSA) is 139 Å². The van der Waals surface area contributed by atoms with E-state index in [2.05, 4.69) is 0 Å². The van der Waals surface area contributed by atoms with Gasteiger partial charge in [0, 0.05) is 0 Å². The number of rotatable bonds is 20. The van der Waals surface area contributed by atoms with Crippen molar-refractivity contribution in [3.05, 3.63) is 0 Å². The summed E-state index contributed by atoms with van der Waals surface area (Å²) < 4.78 is 22.5. The molecule has 11 heteroatoms. The zero-order chi connectivity index (χ0) is 27.3. The van der Waals surface area contributed by atoms with Gasteiger partial charge in [-0.3, -0.25) is 0 Å². The van der Waals surface area contributed by atoms with Gasteiger partial charge in [-0.25, -0.2) is 0 Å². The van der Waals surface area contributed by atoms with E-state index in [-0.39, 0.29) is 13.2 Å². The summed E-state index contributed by atoms with van der Waals surface area (Å²) in [5.41, 5.74) is 0. The van der Waals surface area contributed by atoms with E-state index in [1.165, 1.54) is 13.8 Å². The van der Waals surface area contributed by atoms with Crippen LogP contribution in [-0.2, 0) is 62.2 Å².